The summed E-state index contributed by atoms with van der Waals surface area (Å²) in [7, 11) is 0. The number of hydrogen-bond donors (Lipinski definition) is 1. The molecule has 4 rings (SSSR count). The van der Waals surface area contributed by atoms with Gasteiger partial charge in [-0.05, 0) is 55.3 Å². The number of carbonyl (C=O) groups excluding carboxylic acids is 1. The second-order valence-electron chi connectivity index (χ2n) is 8.02. The summed E-state index contributed by atoms with van der Waals surface area (Å²) in [6, 6.07) is 14.5. The monoisotopic (exact) mass is 513 g/mol. The van der Waals surface area contributed by atoms with Gasteiger partial charge in [0.05, 0.1) is 16.4 Å². The van der Waals surface area contributed by atoms with E-state index < -0.39 is 0 Å². The van der Waals surface area contributed by atoms with Crippen molar-refractivity contribution in [3.8, 4) is 22.4 Å². The van der Waals surface area contributed by atoms with Crippen LogP contribution in [0.3, 0.4) is 0 Å². The molecule has 1 amide bonds. The number of amides is 1. The molecule has 8 heteroatoms. The van der Waals surface area contributed by atoms with Crippen LogP contribution in [-0.2, 0) is 11.3 Å². The summed E-state index contributed by atoms with van der Waals surface area (Å²) in [6.07, 6.45) is 0.742. The minimum atomic E-state index is -0.269. The normalized spacial score (nSPS) is 11.1. The lowest BCUT2D eigenvalue weighted by Gasteiger charge is -2.19. The van der Waals surface area contributed by atoms with Gasteiger partial charge in [0.2, 0.25) is 5.91 Å². The fourth-order valence-electron chi connectivity index (χ4n) is 4.01. The van der Waals surface area contributed by atoms with Crippen molar-refractivity contribution in [1.82, 2.24) is 9.55 Å². The molecule has 0 radical (unpaired) electrons. The van der Waals surface area contributed by atoms with E-state index in [2.05, 4.69) is 5.32 Å². The first-order valence-corrected chi connectivity index (χ1v) is 11.9. The molecule has 2 heterocycles. The molecule has 0 aliphatic rings. The van der Waals surface area contributed by atoms with Gasteiger partial charge in [0.15, 0.2) is 0 Å². The van der Waals surface area contributed by atoms with Crippen molar-refractivity contribution >= 4 is 57.4 Å². The van der Waals surface area contributed by atoms with Gasteiger partial charge in [-0.25, -0.2) is 4.98 Å². The van der Waals surface area contributed by atoms with Crippen LogP contribution in [0.1, 0.15) is 25.8 Å². The SMILES string of the molecule is CCCn1c(=O)c(C)c(NC(C)=O)c2cc(-c3ccc(Cl)cc3)c(-c3ccc(Cl)cc3Cl)nc21. The number of rotatable bonds is 5. The number of anilines is 1. The lowest BCUT2D eigenvalue weighted by Crippen LogP contribution is -2.26. The zero-order chi connectivity index (χ0) is 24.6. The summed E-state index contributed by atoms with van der Waals surface area (Å²) in [5, 5.41) is 5.05. The Morgan fingerprint density at radius 3 is 2.29 bits per heavy atom. The molecule has 5 nitrogen and oxygen atoms in total. The van der Waals surface area contributed by atoms with Crippen LogP contribution in [0.25, 0.3) is 33.4 Å². The van der Waals surface area contributed by atoms with E-state index in [0.717, 1.165) is 17.5 Å². The molecular weight excluding hydrogens is 493 g/mol. The van der Waals surface area contributed by atoms with E-state index in [1.165, 1.54) is 6.92 Å². The van der Waals surface area contributed by atoms with Crippen molar-refractivity contribution in [1.29, 1.82) is 0 Å². The molecule has 0 bridgehead atoms. The summed E-state index contributed by atoms with van der Waals surface area (Å²) in [5.74, 6) is -0.269. The quantitative estimate of drug-likeness (QED) is 0.302. The Morgan fingerprint density at radius 2 is 1.68 bits per heavy atom. The first kappa shape index (κ1) is 24.3. The van der Waals surface area contributed by atoms with E-state index in [0.29, 0.717) is 55.2 Å². The van der Waals surface area contributed by atoms with E-state index in [9.17, 15) is 9.59 Å². The second-order valence-corrected chi connectivity index (χ2v) is 9.30. The molecule has 0 saturated carbocycles. The third-order valence-corrected chi connectivity index (χ3v) is 6.36. The number of fused-ring (bicyclic) bond motifs is 1. The molecule has 0 aliphatic carbocycles. The molecule has 0 fully saturated rings. The summed E-state index contributed by atoms with van der Waals surface area (Å²) in [4.78, 5) is 30.2. The van der Waals surface area contributed by atoms with Crippen LogP contribution in [0.2, 0.25) is 15.1 Å². The molecular formula is C26H22Cl3N3O2. The Bertz CT molecular complexity index is 1480. The number of carbonyl (C=O) groups is 1. The van der Waals surface area contributed by atoms with Gasteiger partial charge in [0.25, 0.3) is 5.56 Å². The van der Waals surface area contributed by atoms with E-state index >= 15 is 0 Å². The van der Waals surface area contributed by atoms with Crippen molar-refractivity contribution in [2.45, 2.75) is 33.7 Å². The Hall–Kier alpha value is -2.86. The average Bonchev–Trinajstić information content (AvgIpc) is 2.79. The van der Waals surface area contributed by atoms with Gasteiger partial charge in [-0.15, -0.1) is 0 Å². The molecule has 0 unspecified atom stereocenters. The molecule has 1 N–H and O–H groups in total. The number of hydrogen-bond acceptors (Lipinski definition) is 3. The Labute approximate surface area is 212 Å². The molecule has 174 valence electrons. The van der Waals surface area contributed by atoms with Crippen LogP contribution in [-0.4, -0.2) is 15.5 Å². The Kier molecular flexibility index (Phi) is 6.99. The lowest BCUT2D eigenvalue weighted by molar-refractivity contribution is -0.114. The minimum Gasteiger partial charge on any atom is -0.325 e. The molecule has 0 atom stereocenters. The van der Waals surface area contributed by atoms with Gasteiger partial charge < -0.3 is 5.32 Å². The molecule has 34 heavy (non-hydrogen) atoms. The predicted molar refractivity (Wildman–Crippen MR) is 141 cm³/mol. The molecule has 4 aromatic rings. The number of benzene rings is 2. The van der Waals surface area contributed by atoms with Crippen molar-refractivity contribution in [2.75, 3.05) is 5.32 Å². The van der Waals surface area contributed by atoms with Gasteiger partial charge in [0.1, 0.15) is 5.65 Å². The van der Waals surface area contributed by atoms with E-state index in [4.69, 9.17) is 39.8 Å². The predicted octanol–water partition coefficient (Wildman–Crippen LogP) is 7.37. The second kappa shape index (κ2) is 9.79. The maximum Gasteiger partial charge on any atom is 0.257 e. The standard InChI is InChI=1S/C26H22Cl3N3O2/c1-4-11-32-25-21(23(30-15(3)33)14(2)26(32)34)13-20(16-5-7-17(27)8-6-16)24(31-25)19-10-9-18(28)12-22(19)29/h5-10,12-13H,4,11H2,1-3H3,(H,30,33). The molecule has 0 saturated heterocycles. The van der Waals surface area contributed by atoms with Gasteiger partial charge in [-0.3, -0.25) is 14.2 Å². The maximum absolute atomic E-state index is 13.2. The van der Waals surface area contributed by atoms with Crippen LogP contribution in [0.15, 0.2) is 53.3 Å². The number of aryl methyl sites for hydroxylation is 1. The first-order chi connectivity index (χ1) is 16.2. The zero-order valence-corrected chi connectivity index (χ0v) is 21.1. The van der Waals surface area contributed by atoms with Crippen molar-refractivity contribution in [3.05, 3.63) is 79.5 Å². The van der Waals surface area contributed by atoms with Crippen LogP contribution in [0, 0.1) is 6.92 Å². The molecule has 2 aromatic carbocycles. The fourth-order valence-corrected chi connectivity index (χ4v) is 4.63. The highest BCUT2D eigenvalue weighted by Gasteiger charge is 2.21. The Balaban J connectivity index is 2.18. The number of aromatic nitrogens is 2. The number of nitrogens with zero attached hydrogens (tertiary/aromatic N) is 2. The van der Waals surface area contributed by atoms with Gasteiger partial charge in [-0.1, -0.05) is 53.9 Å². The van der Waals surface area contributed by atoms with Gasteiger partial charge in [-0.2, -0.15) is 0 Å². The third kappa shape index (κ3) is 4.56. The van der Waals surface area contributed by atoms with E-state index in [1.54, 1.807) is 35.8 Å². The Morgan fingerprint density at radius 1 is 1.00 bits per heavy atom. The molecule has 2 aromatic heterocycles. The number of pyridine rings is 2. The molecule has 0 aliphatic heterocycles. The van der Waals surface area contributed by atoms with Crippen molar-refractivity contribution in [3.63, 3.8) is 0 Å². The zero-order valence-electron chi connectivity index (χ0n) is 18.9. The van der Waals surface area contributed by atoms with Crippen molar-refractivity contribution in [2.24, 2.45) is 0 Å². The van der Waals surface area contributed by atoms with Crippen LogP contribution in [0.4, 0.5) is 5.69 Å². The van der Waals surface area contributed by atoms with Crippen LogP contribution >= 0.6 is 34.8 Å². The van der Waals surface area contributed by atoms with Crippen LogP contribution in [0.5, 0.6) is 0 Å². The van der Waals surface area contributed by atoms with Gasteiger partial charge >= 0.3 is 0 Å². The van der Waals surface area contributed by atoms with Gasteiger partial charge in [0, 0.05) is 45.6 Å². The minimum absolute atomic E-state index is 0.196. The first-order valence-electron chi connectivity index (χ1n) is 10.8. The third-order valence-electron chi connectivity index (χ3n) is 5.56. The average molecular weight is 515 g/mol. The smallest absolute Gasteiger partial charge is 0.257 e. The maximum atomic E-state index is 13.2. The summed E-state index contributed by atoms with van der Waals surface area (Å²) in [5.41, 5.74) is 4.10. The van der Waals surface area contributed by atoms with E-state index in [-0.39, 0.29) is 11.5 Å². The highest BCUT2D eigenvalue weighted by molar-refractivity contribution is 6.36. The lowest BCUT2D eigenvalue weighted by atomic mass is 9.97. The summed E-state index contributed by atoms with van der Waals surface area (Å²) >= 11 is 18.9. The summed E-state index contributed by atoms with van der Waals surface area (Å²) in [6.45, 7) is 5.61. The van der Waals surface area contributed by atoms with Crippen molar-refractivity contribution < 1.29 is 4.79 Å². The molecule has 0 spiro atoms. The largest absolute Gasteiger partial charge is 0.325 e. The summed E-state index contributed by atoms with van der Waals surface area (Å²) < 4.78 is 1.65. The highest BCUT2D eigenvalue weighted by atomic mass is 35.5. The van der Waals surface area contributed by atoms with Crippen LogP contribution < -0.4 is 10.9 Å². The highest BCUT2D eigenvalue weighted by Crippen LogP contribution is 2.39. The number of nitrogens with one attached hydrogen (secondary N) is 1. The fraction of sp³-hybridized carbons (Fsp3) is 0.192. The van der Waals surface area contributed by atoms with E-state index in [1.807, 2.05) is 31.2 Å². The topological polar surface area (TPSA) is 64.0 Å². The number of halogens is 3.